The van der Waals surface area contributed by atoms with Crippen LogP contribution >= 0.6 is 0 Å². The summed E-state index contributed by atoms with van der Waals surface area (Å²) in [6, 6.07) is 3.83. The summed E-state index contributed by atoms with van der Waals surface area (Å²) in [6.45, 7) is 8.33. The van der Waals surface area contributed by atoms with Crippen molar-refractivity contribution >= 4 is 21.9 Å². The maximum atomic E-state index is 13.0. The van der Waals surface area contributed by atoms with E-state index in [-0.39, 0.29) is 25.3 Å². The molecule has 0 aromatic carbocycles. The van der Waals surface area contributed by atoms with Gasteiger partial charge in [-0.3, -0.25) is 9.17 Å². The molecule has 1 aliphatic carbocycles. The first kappa shape index (κ1) is 24.2. The quantitative estimate of drug-likeness (QED) is 0.549. The highest BCUT2D eigenvalue weighted by Gasteiger charge is 2.46. The first-order valence-electron chi connectivity index (χ1n) is 11.6. The molecule has 1 saturated carbocycles. The zero-order chi connectivity index (χ0) is 23.9. The largest absolute Gasteiger partial charge is 0.444 e. The Bertz CT molecular complexity index is 951. The fourth-order valence-electron chi connectivity index (χ4n) is 4.37. The van der Waals surface area contributed by atoms with Gasteiger partial charge in [0.1, 0.15) is 5.60 Å². The Balaban J connectivity index is 1.46. The second-order valence-electron chi connectivity index (χ2n) is 10.5. The van der Waals surface area contributed by atoms with E-state index in [1.54, 1.807) is 6.20 Å². The molecule has 9 nitrogen and oxygen atoms in total. The van der Waals surface area contributed by atoms with Crippen LogP contribution in [0.15, 0.2) is 18.3 Å². The molecule has 0 spiro atoms. The van der Waals surface area contributed by atoms with Crippen LogP contribution < -0.4 is 4.90 Å². The van der Waals surface area contributed by atoms with Gasteiger partial charge in [0.05, 0.1) is 43.1 Å². The van der Waals surface area contributed by atoms with Crippen LogP contribution in [-0.4, -0.2) is 75.1 Å². The average Bonchev–Trinajstić information content (AvgIpc) is 3.51. The molecule has 1 aromatic heterocycles. The molecular weight excluding hydrogens is 446 g/mol. The number of ether oxygens (including phenoxy) is 2. The minimum Gasteiger partial charge on any atom is -0.444 e. The molecular formula is C23H35N3O6S. The van der Waals surface area contributed by atoms with Crippen LogP contribution in [0.4, 0.5) is 10.5 Å². The van der Waals surface area contributed by atoms with Gasteiger partial charge in [0.15, 0.2) is 5.60 Å². The molecule has 2 saturated heterocycles. The van der Waals surface area contributed by atoms with Gasteiger partial charge < -0.3 is 19.3 Å². The smallest absolute Gasteiger partial charge is 0.410 e. The third-order valence-corrected chi connectivity index (χ3v) is 6.80. The molecule has 2 aliphatic heterocycles. The van der Waals surface area contributed by atoms with Crippen LogP contribution in [0.3, 0.4) is 0 Å². The molecule has 184 valence electrons. The van der Waals surface area contributed by atoms with E-state index >= 15 is 0 Å². The summed E-state index contributed by atoms with van der Waals surface area (Å²) in [7, 11) is -3.64. The van der Waals surface area contributed by atoms with Crippen LogP contribution in [-0.2, 0) is 29.4 Å². The van der Waals surface area contributed by atoms with Crippen molar-refractivity contribution in [2.45, 2.75) is 63.7 Å². The van der Waals surface area contributed by atoms with E-state index in [9.17, 15) is 13.2 Å². The van der Waals surface area contributed by atoms with E-state index < -0.39 is 21.3 Å². The van der Waals surface area contributed by atoms with Crippen LogP contribution in [0.5, 0.6) is 0 Å². The molecule has 1 amide bonds. The van der Waals surface area contributed by atoms with Crippen LogP contribution in [0.25, 0.3) is 0 Å². The summed E-state index contributed by atoms with van der Waals surface area (Å²) >= 11 is 0. The Morgan fingerprint density at radius 2 is 2.00 bits per heavy atom. The number of amides is 1. The maximum Gasteiger partial charge on any atom is 0.410 e. The SMILES string of the molecule is CC(C)(C)OC(=O)N(CC1CC1)[C@@H]1CCCN(c2ccc(C3(OS(C)(=O)=O)COC3)nc2)C1. The van der Waals surface area contributed by atoms with E-state index in [1.807, 2.05) is 37.8 Å². The first-order valence-corrected chi connectivity index (χ1v) is 13.5. The molecule has 0 radical (unpaired) electrons. The Morgan fingerprint density at radius 3 is 2.52 bits per heavy atom. The van der Waals surface area contributed by atoms with Gasteiger partial charge in [-0.05, 0) is 64.5 Å². The minimum absolute atomic E-state index is 0.0776. The van der Waals surface area contributed by atoms with Crippen molar-refractivity contribution in [3.63, 3.8) is 0 Å². The van der Waals surface area contributed by atoms with Crippen molar-refractivity contribution in [2.75, 3.05) is 44.0 Å². The van der Waals surface area contributed by atoms with E-state index in [1.165, 1.54) is 12.8 Å². The summed E-state index contributed by atoms with van der Waals surface area (Å²) in [4.78, 5) is 21.7. The predicted molar refractivity (Wildman–Crippen MR) is 124 cm³/mol. The maximum absolute atomic E-state index is 13.0. The molecule has 0 bridgehead atoms. The fraction of sp³-hybridized carbons (Fsp3) is 0.739. The lowest BCUT2D eigenvalue weighted by Crippen LogP contribution is -2.52. The zero-order valence-electron chi connectivity index (χ0n) is 20.0. The van der Waals surface area contributed by atoms with Crippen molar-refractivity contribution in [1.29, 1.82) is 0 Å². The highest BCUT2D eigenvalue weighted by atomic mass is 32.2. The van der Waals surface area contributed by atoms with Gasteiger partial charge in [-0.2, -0.15) is 8.42 Å². The predicted octanol–water partition coefficient (Wildman–Crippen LogP) is 2.90. The van der Waals surface area contributed by atoms with E-state index in [0.717, 1.165) is 37.9 Å². The number of pyridine rings is 1. The number of carbonyl (C=O) groups excluding carboxylic acids is 1. The molecule has 1 atom stereocenters. The van der Waals surface area contributed by atoms with Gasteiger partial charge >= 0.3 is 6.09 Å². The Hall–Kier alpha value is -1.91. The number of piperidine rings is 1. The van der Waals surface area contributed by atoms with Crippen molar-refractivity contribution in [2.24, 2.45) is 5.92 Å². The summed E-state index contributed by atoms with van der Waals surface area (Å²) in [6.07, 6.45) is 6.79. The van der Waals surface area contributed by atoms with Crippen LogP contribution in [0.1, 0.15) is 52.1 Å². The second-order valence-corrected chi connectivity index (χ2v) is 12.1. The fourth-order valence-corrected chi connectivity index (χ4v) is 5.14. The number of anilines is 1. The number of carbonyl (C=O) groups is 1. The van der Waals surface area contributed by atoms with E-state index in [0.29, 0.717) is 18.2 Å². The van der Waals surface area contributed by atoms with Gasteiger partial charge in [0, 0.05) is 19.6 Å². The lowest BCUT2D eigenvalue weighted by Gasteiger charge is -2.41. The third kappa shape index (κ3) is 6.16. The monoisotopic (exact) mass is 481 g/mol. The highest BCUT2D eigenvalue weighted by molar-refractivity contribution is 7.86. The van der Waals surface area contributed by atoms with Crippen molar-refractivity contribution in [3.8, 4) is 0 Å². The number of rotatable bonds is 7. The second kappa shape index (κ2) is 9.03. The molecule has 0 unspecified atom stereocenters. The summed E-state index contributed by atoms with van der Waals surface area (Å²) < 4.78 is 39.6. The van der Waals surface area contributed by atoms with Crippen molar-refractivity contribution < 1.29 is 26.9 Å². The molecule has 1 aromatic rings. The highest BCUT2D eigenvalue weighted by Crippen LogP contribution is 2.35. The summed E-state index contributed by atoms with van der Waals surface area (Å²) in [5.41, 5.74) is -0.0920. The topological polar surface area (TPSA) is 98.3 Å². The number of aromatic nitrogens is 1. The van der Waals surface area contributed by atoms with E-state index in [2.05, 4.69) is 9.88 Å². The molecule has 3 heterocycles. The van der Waals surface area contributed by atoms with Gasteiger partial charge in [0.2, 0.25) is 0 Å². The van der Waals surface area contributed by atoms with E-state index in [4.69, 9.17) is 13.7 Å². The molecule has 10 heteroatoms. The molecule has 0 N–H and O–H groups in total. The lowest BCUT2D eigenvalue weighted by atomic mass is 9.97. The zero-order valence-corrected chi connectivity index (χ0v) is 20.8. The standard InChI is InChI=1S/C23H35N3O6S/c1-22(2,3)31-21(27)26(13-17-7-8-17)19-6-5-11-25(14-19)18-9-10-20(24-12-18)23(15-30-16-23)32-33(4,28)29/h9-10,12,17,19H,5-8,11,13-16H2,1-4H3/t19-/m1/s1. The summed E-state index contributed by atoms with van der Waals surface area (Å²) in [5.74, 6) is 0.574. The first-order chi connectivity index (χ1) is 15.4. The Kier molecular flexibility index (Phi) is 6.63. The van der Waals surface area contributed by atoms with Gasteiger partial charge in [0.25, 0.3) is 10.1 Å². The normalized spacial score (nSPS) is 23.0. The summed E-state index contributed by atoms with van der Waals surface area (Å²) in [5, 5.41) is 0. The van der Waals surface area contributed by atoms with Gasteiger partial charge in [-0.1, -0.05) is 0 Å². The van der Waals surface area contributed by atoms with Gasteiger partial charge in [-0.15, -0.1) is 0 Å². The van der Waals surface area contributed by atoms with Crippen molar-refractivity contribution in [1.82, 2.24) is 9.88 Å². The molecule has 3 fully saturated rings. The average molecular weight is 482 g/mol. The van der Waals surface area contributed by atoms with Crippen LogP contribution in [0.2, 0.25) is 0 Å². The third-order valence-electron chi connectivity index (χ3n) is 6.18. The Morgan fingerprint density at radius 1 is 1.27 bits per heavy atom. The van der Waals surface area contributed by atoms with Crippen molar-refractivity contribution in [3.05, 3.63) is 24.0 Å². The molecule has 33 heavy (non-hydrogen) atoms. The number of hydrogen-bond acceptors (Lipinski definition) is 8. The molecule has 3 aliphatic rings. The lowest BCUT2D eigenvalue weighted by molar-refractivity contribution is -0.167. The minimum atomic E-state index is -3.64. The number of hydrogen-bond donors (Lipinski definition) is 0. The van der Waals surface area contributed by atoms with Crippen LogP contribution in [0, 0.1) is 5.92 Å². The Labute approximate surface area is 196 Å². The number of nitrogens with zero attached hydrogens (tertiary/aromatic N) is 3. The molecule has 4 rings (SSSR count). The van der Waals surface area contributed by atoms with Gasteiger partial charge in [-0.25, -0.2) is 4.79 Å².